The van der Waals surface area contributed by atoms with Gasteiger partial charge in [0.05, 0.1) is 0 Å². The first kappa shape index (κ1) is 10.3. The quantitative estimate of drug-likeness (QED) is 0.574. The second-order valence-corrected chi connectivity index (χ2v) is 2.66. The molecule has 1 unspecified atom stereocenters. The van der Waals surface area contributed by atoms with Crippen LogP contribution in [-0.4, -0.2) is 23.0 Å². The lowest BCUT2D eigenvalue weighted by atomic mass is 10.0. The standard InChI is InChI=1S/C8H15NO2/c1-4-6(9)8(11)7(10)5(2)3/h6,8,11H,2,4,9H2,1,3H3/t6?,8-/m0/s1. The Balaban J connectivity index is 4.13. The van der Waals surface area contributed by atoms with Crippen LogP contribution in [0.5, 0.6) is 0 Å². The zero-order valence-corrected chi connectivity index (χ0v) is 7.00. The van der Waals surface area contributed by atoms with E-state index in [-0.39, 0.29) is 5.78 Å². The third kappa shape index (κ3) is 2.82. The lowest BCUT2D eigenvalue weighted by Gasteiger charge is -2.15. The van der Waals surface area contributed by atoms with Crippen LogP contribution >= 0.6 is 0 Å². The van der Waals surface area contributed by atoms with Gasteiger partial charge in [-0.05, 0) is 18.9 Å². The number of carbonyl (C=O) groups is 1. The van der Waals surface area contributed by atoms with Gasteiger partial charge in [-0.15, -0.1) is 0 Å². The molecule has 0 spiro atoms. The molecule has 2 atom stereocenters. The summed E-state index contributed by atoms with van der Waals surface area (Å²) in [4.78, 5) is 11.0. The van der Waals surface area contributed by atoms with Crippen molar-refractivity contribution >= 4 is 5.78 Å². The number of ketones is 1. The molecule has 11 heavy (non-hydrogen) atoms. The van der Waals surface area contributed by atoms with Crippen molar-refractivity contribution in [3.63, 3.8) is 0 Å². The molecule has 0 aromatic rings. The first-order valence-corrected chi connectivity index (χ1v) is 3.64. The number of aliphatic hydroxyl groups excluding tert-OH is 1. The van der Waals surface area contributed by atoms with E-state index >= 15 is 0 Å². The molecule has 0 radical (unpaired) electrons. The molecule has 0 aromatic heterocycles. The topological polar surface area (TPSA) is 63.3 Å². The van der Waals surface area contributed by atoms with E-state index in [0.29, 0.717) is 12.0 Å². The van der Waals surface area contributed by atoms with Crippen LogP contribution < -0.4 is 5.73 Å². The van der Waals surface area contributed by atoms with Crippen LogP contribution in [0.25, 0.3) is 0 Å². The Kier molecular flexibility index (Phi) is 4.00. The molecule has 0 saturated heterocycles. The Hall–Kier alpha value is -0.670. The summed E-state index contributed by atoms with van der Waals surface area (Å²) in [5.41, 5.74) is 5.79. The van der Waals surface area contributed by atoms with Crippen LogP contribution in [0, 0.1) is 0 Å². The van der Waals surface area contributed by atoms with Crippen LogP contribution in [0.3, 0.4) is 0 Å². The lowest BCUT2D eigenvalue weighted by molar-refractivity contribution is -0.124. The lowest BCUT2D eigenvalue weighted by Crippen LogP contribution is -2.40. The molecule has 3 N–H and O–H groups in total. The summed E-state index contributed by atoms with van der Waals surface area (Å²) < 4.78 is 0. The second kappa shape index (κ2) is 4.26. The first-order valence-electron chi connectivity index (χ1n) is 3.64. The van der Waals surface area contributed by atoms with Crippen molar-refractivity contribution in [1.29, 1.82) is 0 Å². The van der Waals surface area contributed by atoms with Gasteiger partial charge in [-0.25, -0.2) is 0 Å². The van der Waals surface area contributed by atoms with Crippen LogP contribution in [-0.2, 0) is 4.79 Å². The van der Waals surface area contributed by atoms with Gasteiger partial charge in [0, 0.05) is 6.04 Å². The molecular weight excluding hydrogens is 142 g/mol. The smallest absolute Gasteiger partial charge is 0.187 e. The number of Topliss-reactive ketones (excluding diaryl/α,β-unsaturated/α-hetero) is 1. The molecule has 0 heterocycles. The van der Waals surface area contributed by atoms with E-state index in [0.717, 1.165) is 0 Å². The zero-order valence-electron chi connectivity index (χ0n) is 7.00. The third-order valence-electron chi connectivity index (χ3n) is 1.57. The number of nitrogens with two attached hydrogens (primary N) is 1. The van der Waals surface area contributed by atoms with Crippen molar-refractivity contribution in [3.05, 3.63) is 12.2 Å². The van der Waals surface area contributed by atoms with Gasteiger partial charge in [-0.2, -0.15) is 0 Å². The Labute approximate surface area is 66.9 Å². The average Bonchev–Trinajstić information content (AvgIpc) is 2.00. The van der Waals surface area contributed by atoms with Crippen molar-refractivity contribution in [1.82, 2.24) is 0 Å². The Morgan fingerprint density at radius 2 is 2.18 bits per heavy atom. The number of carbonyl (C=O) groups excluding carboxylic acids is 1. The van der Waals surface area contributed by atoms with Gasteiger partial charge in [-0.1, -0.05) is 13.5 Å². The van der Waals surface area contributed by atoms with E-state index in [9.17, 15) is 9.90 Å². The highest BCUT2D eigenvalue weighted by molar-refractivity contribution is 5.97. The average molecular weight is 157 g/mol. The maximum absolute atomic E-state index is 11.0. The van der Waals surface area contributed by atoms with E-state index in [1.165, 1.54) is 0 Å². The Bertz CT molecular complexity index is 165. The van der Waals surface area contributed by atoms with E-state index in [1.54, 1.807) is 6.92 Å². The molecule has 64 valence electrons. The predicted octanol–water partition coefficient (Wildman–Crippen LogP) is 0.230. The fraction of sp³-hybridized carbons (Fsp3) is 0.625. The molecule has 0 aliphatic rings. The van der Waals surface area contributed by atoms with Gasteiger partial charge in [0.15, 0.2) is 5.78 Å². The van der Waals surface area contributed by atoms with Gasteiger partial charge in [0.1, 0.15) is 6.10 Å². The molecule has 0 fully saturated rings. The van der Waals surface area contributed by atoms with E-state index in [2.05, 4.69) is 6.58 Å². The van der Waals surface area contributed by atoms with Crippen molar-refractivity contribution in [2.24, 2.45) is 5.73 Å². The largest absolute Gasteiger partial charge is 0.383 e. The van der Waals surface area contributed by atoms with Crippen molar-refractivity contribution in [2.75, 3.05) is 0 Å². The zero-order chi connectivity index (χ0) is 9.02. The highest BCUT2D eigenvalue weighted by atomic mass is 16.3. The molecular formula is C8H15NO2. The van der Waals surface area contributed by atoms with Gasteiger partial charge < -0.3 is 10.8 Å². The number of hydrogen-bond donors (Lipinski definition) is 2. The number of rotatable bonds is 4. The maximum Gasteiger partial charge on any atom is 0.187 e. The summed E-state index contributed by atoms with van der Waals surface area (Å²) in [5.74, 6) is -0.362. The molecule has 0 aliphatic carbocycles. The molecule has 3 nitrogen and oxygen atoms in total. The highest BCUT2D eigenvalue weighted by Gasteiger charge is 2.21. The number of hydrogen-bond acceptors (Lipinski definition) is 3. The minimum atomic E-state index is -1.09. The molecule has 0 amide bonds. The van der Waals surface area contributed by atoms with E-state index in [4.69, 9.17) is 5.73 Å². The summed E-state index contributed by atoms with van der Waals surface area (Å²) in [6.45, 7) is 6.81. The fourth-order valence-corrected chi connectivity index (χ4v) is 0.670. The van der Waals surface area contributed by atoms with Gasteiger partial charge in [0.2, 0.25) is 0 Å². The predicted molar refractivity (Wildman–Crippen MR) is 44.1 cm³/mol. The van der Waals surface area contributed by atoms with Gasteiger partial charge in [0.25, 0.3) is 0 Å². The van der Waals surface area contributed by atoms with Gasteiger partial charge >= 0.3 is 0 Å². The Morgan fingerprint density at radius 1 is 1.73 bits per heavy atom. The molecule has 0 bridgehead atoms. The van der Waals surface area contributed by atoms with E-state index in [1.807, 2.05) is 6.92 Å². The first-order chi connectivity index (χ1) is 5.00. The van der Waals surface area contributed by atoms with E-state index < -0.39 is 12.1 Å². The second-order valence-electron chi connectivity index (χ2n) is 2.66. The summed E-state index contributed by atoms with van der Waals surface area (Å²) in [6, 6.07) is -0.473. The fourth-order valence-electron chi connectivity index (χ4n) is 0.670. The third-order valence-corrected chi connectivity index (χ3v) is 1.57. The molecule has 0 saturated carbocycles. The van der Waals surface area contributed by atoms with Gasteiger partial charge in [-0.3, -0.25) is 4.79 Å². The summed E-state index contributed by atoms with van der Waals surface area (Å²) in [6.07, 6.45) is -0.502. The SMILES string of the molecule is C=C(C)C(=O)[C@@H](O)C(N)CC. The summed E-state index contributed by atoms with van der Waals surface area (Å²) >= 11 is 0. The molecule has 0 aromatic carbocycles. The molecule has 0 rings (SSSR count). The number of aliphatic hydroxyl groups is 1. The summed E-state index contributed by atoms with van der Waals surface area (Å²) in [5, 5.41) is 9.22. The monoisotopic (exact) mass is 157 g/mol. The highest BCUT2D eigenvalue weighted by Crippen LogP contribution is 2.02. The van der Waals surface area contributed by atoms with Crippen molar-refractivity contribution in [2.45, 2.75) is 32.4 Å². The van der Waals surface area contributed by atoms with Crippen LogP contribution in [0.1, 0.15) is 20.3 Å². The Morgan fingerprint density at radius 3 is 2.45 bits per heavy atom. The van der Waals surface area contributed by atoms with Crippen LogP contribution in [0.2, 0.25) is 0 Å². The van der Waals surface area contributed by atoms with Crippen LogP contribution in [0.15, 0.2) is 12.2 Å². The summed E-state index contributed by atoms with van der Waals surface area (Å²) in [7, 11) is 0. The van der Waals surface area contributed by atoms with Crippen molar-refractivity contribution < 1.29 is 9.90 Å². The van der Waals surface area contributed by atoms with Crippen LogP contribution in [0.4, 0.5) is 0 Å². The molecule has 0 aliphatic heterocycles. The van der Waals surface area contributed by atoms with Crippen molar-refractivity contribution in [3.8, 4) is 0 Å². The molecule has 3 heteroatoms. The maximum atomic E-state index is 11.0. The minimum absolute atomic E-state index is 0.349. The minimum Gasteiger partial charge on any atom is -0.383 e. The normalized spacial score (nSPS) is 15.6.